The minimum absolute atomic E-state index is 0.0195. The van der Waals surface area contributed by atoms with E-state index in [0.29, 0.717) is 11.6 Å². The quantitative estimate of drug-likeness (QED) is 0.830. The van der Waals surface area contributed by atoms with Crippen LogP contribution in [0.25, 0.3) is 0 Å². The van der Waals surface area contributed by atoms with Crippen molar-refractivity contribution < 1.29 is 19.5 Å². The minimum Gasteiger partial charge on any atom is -0.476 e. The van der Waals surface area contributed by atoms with Crippen LogP contribution in [0, 0.1) is 0 Å². The third-order valence-corrected chi connectivity index (χ3v) is 4.05. The van der Waals surface area contributed by atoms with Crippen molar-refractivity contribution in [1.82, 2.24) is 20.2 Å². The summed E-state index contributed by atoms with van der Waals surface area (Å²) in [5.74, 6) is -0.979. The van der Waals surface area contributed by atoms with Gasteiger partial charge < -0.3 is 15.3 Å². The first-order chi connectivity index (χ1) is 10.7. The summed E-state index contributed by atoms with van der Waals surface area (Å²) in [5.41, 5.74) is -0.604. The number of carbonyl (C=O) groups is 3. The van der Waals surface area contributed by atoms with E-state index in [1.54, 1.807) is 0 Å². The Kier molecular flexibility index (Phi) is 4.88. The molecular weight excluding hydrogens is 320 g/mol. The van der Waals surface area contributed by atoms with Gasteiger partial charge in [-0.1, -0.05) is 0 Å². The van der Waals surface area contributed by atoms with Crippen LogP contribution in [0.2, 0.25) is 0 Å². The van der Waals surface area contributed by atoms with Crippen LogP contribution in [0.15, 0.2) is 12.4 Å². The van der Waals surface area contributed by atoms with Crippen molar-refractivity contribution in [2.45, 2.75) is 32.4 Å². The van der Waals surface area contributed by atoms with Crippen molar-refractivity contribution in [3.05, 3.63) is 23.8 Å². The molecule has 1 aromatic rings. The number of thioether (sulfide) groups is 1. The first-order valence-corrected chi connectivity index (χ1v) is 8.10. The average molecular weight is 338 g/mol. The first-order valence-electron chi connectivity index (χ1n) is 6.95. The Morgan fingerprint density at radius 2 is 1.87 bits per heavy atom. The van der Waals surface area contributed by atoms with E-state index >= 15 is 0 Å². The molecule has 8 nitrogen and oxygen atoms in total. The van der Waals surface area contributed by atoms with Crippen LogP contribution in [0.1, 0.15) is 41.7 Å². The molecule has 1 aliphatic heterocycles. The van der Waals surface area contributed by atoms with Crippen molar-refractivity contribution in [1.29, 1.82) is 0 Å². The number of carboxylic acid groups (broad SMARTS) is 1. The highest BCUT2D eigenvalue weighted by atomic mass is 32.2. The van der Waals surface area contributed by atoms with Gasteiger partial charge in [0.05, 0.1) is 18.3 Å². The van der Waals surface area contributed by atoms with Gasteiger partial charge in [0, 0.05) is 11.3 Å². The molecule has 2 rings (SSSR count). The summed E-state index contributed by atoms with van der Waals surface area (Å²) in [6.07, 6.45) is 2.15. The Morgan fingerprint density at radius 1 is 1.26 bits per heavy atom. The van der Waals surface area contributed by atoms with Crippen LogP contribution in [-0.4, -0.2) is 61.0 Å². The van der Waals surface area contributed by atoms with Crippen molar-refractivity contribution in [3.63, 3.8) is 0 Å². The number of nitrogens with one attached hydrogen (secondary N) is 1. The molecule has 0 saturated carbocycles. The van der Waals surface area contributed by atoms with Gasteiger partial charge in [-0.05, 0) is 20.8 Å². The highest BCUT2D eigenvalue weighted by Crippen LogP contribution is 2.23. The standard InChI is InChI=1S/C14H18N4O4S/c1-14(2,3)17-11(19)10-6-23-7-18(10)12(20)8-4-16-9(5-15-8)13(21)22/h4-5,10H,6-7H2,1-3H3,(H,17,19)(H,21,22). The van der Waals surface area contributed by atoms with Crippen molar-refractivity contribution in [2.75, 3.05) is 11.6 Å². The van der Waals surface area contributed by atoms with Crippen LogP contribution in [0.5, 0.6) is 0 Å². The molecule has 2 heterocycles. The molecule has 0 radical (unpaired) electrons. The van der Waals surface area contributed by atoms with Crippen molar-refractivity contribution in [2.24, 2.45) is 0 Å². The number of rotatable bonds is 3. The Labute approximate surface area is 137 Å². The number of amides is 2. The Balaban J connectivity index is 2.14. The molecule has 1 saturated heterocycles. The molecule has 1 fully saturated rings. The van der Waals surface area contributed by atoms with E-state index in [-0.39, 0.29) is 22.8 Å². The van der Waals surface area contributed by atoms with Gasteiger partial charge in [-0.15, -0.1) is 11.8 Å². The number of hydrogen-bond acceptors (Lipinski definition) is 6. The predicted molar refractivity (Wildman–Crippen MR) is 84.2 cm³/mol. The maximum Gasteiger partial charge on any atom is 0.356 e. The topological polar surface area (TPSA) is 112 Å². The maximum absolute atomic E-state index is 12.5. The number of carbonyl (C=O) groups excluding carboxylic acids is 2. The van der Waals surface area contributed by atoms with Gasteiger partial charge >= 0.3 is 5.97 Å². The fourth-order valence-electron chi connectivity index (χ4n) is 2.01. The Hall–Kier alpha value is -2.16. The number of hydrogen-bond donors (Lipinski definition) is 2. The molecule has 0 spiro atoms. The lowest BCUT2D eigenvalue weighted by Crippen LogP contribution is -2.52. The molecule has 23 heavy (non-hydrogen) atoms. The summed E-state index contributed by atoms with van der Waals surface area (Å²) in [6.45, 7) is 5.61. The lowest BCUT2D eigenvalue weighted by atomic mass is 10.1. The number of aromatic nitrogens is 2. The van der Waals surface area contributed by atoms with Crippen molar-refractivity contribution in [3.8, 4) is 0 Å². The molecule has 1 aliphatic rings. The molecule has 2 amide bonds. The first kappa shape index (κ1) is 17.2. The molecule has 0 aromatic carbocycles. The zero-order valence-electron chi connectivity index (χ0n) is 13.1. The number of aromatic carboxylic acids is 1. The van der Waals surface area contributed by atoms with E-state index in [1.807, 2.05) is 20.8 Å². The molecule has 1 atom stereocenters. The van der Waals surface area contributed by atoms with Gasteiger partial charge in [-0.2, -0.15) is 0 Å². The molecule has 9 heteroatoms. The van der Waals surface area contributed by atoms with Crippen LogP contribution in [0.3, 0.4) is 0 Å². The van der Waals surface area contributed by atoms with E-state index in [9.17, 15) is 14.4 Å². The SMILES string of the molecule is CC(C)(C)NC(=O)C1CSCN1C(=O)c1cnc(C(=O)O)cn1. The van der Waals surface area contributed by atoms with Gasteiger partial charge in [0.2, 0.25) is 5.91 Å². The monoisotopic (exact) mass is 338 g/mol. The second-order valence-electron chi connectivity index (χ2n) is 6.12. The van der Waals surface area contributed by atoms with Crippen LogP contribution >= 0.6 is 11.8 Å². The van der Waals surface area contributed by atoms with Crippen molar-refractivity contribution >= 4 is 29.5 Å². The molecule has 0 bridgehead atoms. The van der Waals surface area contributed by atoms with E-state index in [1.165, 1.54) is 16.7 Å². The molecule has 0 aliphatic carbocycles. The fraction of sp³-hybridized carbons (Fsp3) is 0.500. The Morgan fingerprint density at radius 3 is 2.39 bits per heavy atom. The second-order valence-corrected chi connectivity index (χ2v) is 7.12. The molecular formula is C14H18N4O4S. The third-order valence-electron chi connectivity index (χ3n) is 3.03. The van der Waals surface area contributed by atoms with Crippen LogP contribution < -0.4 is 5.32 Å². The summed E-state index contributed by atoms with van der Waals surface area (Å²) in [5, 5.41) is 11.7. The van der Waals surface area contributed by atoms with Crippen LogP contribution in [-0.2, 0) is 4.79 Å². The van der Waals surface area contributed by atoms with E-state index in [2.05, 4.69) is 15.3 Å². The summed E-state index contributed by atoms with van der Waals surface area (Å²) >= 11 is 1.48. The zero-order valence-corrected chi connectivity index (χ0v) is 13.9. The van der Waals surface area contributed by atoms with Gasteiger partial charge in [0.15, 0.2) is 5.69 Å². The smallest absolute Gasteiger partial charge is 0.356 e. The highest BCUT2D eigenvalue weighted by molar-refractivity contribution is 7.99. The van der Waals surface area contributed by atoms with Gasteiger partial charge in [0.25, 0.3) is 5.91 Å². The van der Waals surface area contributed by atoms with E-state index < -0.39 is 17.9 Å². The summed E-state index contributed by atoms with van der Waals surface area (Å²) < 4.78 is 0. The van der Waals surface area contributed by atoms with Gasteiger partial charge in [0.1, 0.15) is 11.7 Å². The third kappa shape index (κ3) is 4.19. The predicted octanol–water partition coefficient (Wildman–Crippen LogP) is 0.605. The summed E-state index contributed by atoms with van der Waals surface area (Å²) in [7, 11) is 0. The van der Waals surface area contributed by atoms with Gasteiger partial charge in [-0.3, -0.25) is 9.59 Å². The Bertz CT molecular complexity index is 627. The lowest BCUT2D eigenvalue weighted by molar-refractivity contribution is -0.125. The number of carboxylic acids is 1. The largest absolute Gasteiger partial charge is 0.476 e. The minimum atomic E-state index is -1.21. The molecule has 124 valence electrons. The lowest BCUT2D eigenvalue weighted by Gasteiger charge is -2.27. The summed E-state index contributed by atoms with van der Waals surface area (Å²) in [6, 6.07) is -0.576. The maximum atomic E-state index is 12.5. The van der Waals surface area contributed by atoms with E-state index in [0.717, 1.165) is 12.4 Å². The molecule has 2 N–H and O–H groups in total. The van der Waals surface area contributed by atoms with Crippen LogP contribution in [0.4, 0.5) is 0 Å². The second kappa shape index (κ2) is 6.53. The zero-order chi connectivity index (χ0) is 17.2. The molecule has 1 unspecified atom stereocenters. The molecule has 1 aromatic heterocycles. The van der Waals surface area contributed by atoms with Gasteiger partial charge in [-0.25, -0.2) is 14.8 Å². The van der Waals surface area contributed by atoms with E-state index in [4.69, 9.17) is 5.11 Å². The normalized spacial score (nSPS) is 17.9. The highest BCUT2D eigenvalue weighted by Gasteiger charge is 2.36. The fourth-order valence-corrected chi connectivity index (χ4v) is 3.16. The average Bonchev–Trinajstić information content (AvgIpc) is 2.94. The number of nitrogens with zero attached hydrogens (tertiary/aromatic N) is 3. The summed E-state index contributed by atoms with van der Waals surface area (Å²) in [4.78, 5) is 44.5.